The number of hydrogen-bond acceptors (Lipinski definition) is 3. The van der Waals surface area contributed by atoms with Crippen LogP contribution in [0.1, 0.15) is 38.5 Å². The quantitative estimate of drug-likeness (QED) is 0.756. The highest BCUT2D eigenvalue weighted by molar-refractivity contribution is 7.85. The first-order valence-corrected chi connectivity index (χ1v) is 8.64. The molecule has 0 bridgehead atoms. The first kappa shape index (κ1) is 13.5. The third-order valence-electron chi connectivity index (χ3n) is 3.96. The Hall–Kier alpha value is 0.0700. The third kappa shape index (κ3) is 5.06. The van der Waals surface area contributed by atoms with Gasteiger partial charge in [-0.3, -0.25) is 4.21 Å². The van der Waals surface area contributed by atoms with Crippen molar-refractivity contribution >= 4 is 10.8 Å². The molecule has 0 aromatic heterocycles. The zero-order chi connectivity index (χ0) is 11.9. The van der Waals surface area contributed by atoms with Crippen LogP contribution < -0.4 is 5.32 Å². The van der Waals surface area contributed by atoms with Gasteiger partial charge in [0.05, 0.1) is 0 Å². The first-order chi connectivity index (χ1) is 8.34. The second kappa shape index (κ2) is 7.49. The molecule has 2 rings (SSSR count). The number of hydrogen-bond donors (Lipinski definition) is 1. The second-order valence-electron chi connectivity index (χ2n) is 5.33. The molecular formula is C13H26N2OS. The predicted molar refractivity (Wildman–Crippen MR) is 73.8 cm³/mol. The lowest BCUT2D eigenvalue weighted by Crippen LogP contribution is -2.39. The molecule has 4 heteroatoms. The topological polar surface area (TPSA) is 32.3 Å². The summed E-state index contributed by atoms with van der Waals surface area (Å²) >= 11 is 0. The Morgan fingerprint density at radius 3 is 2.53 bits per heavy atom. The van der Waals surface area contributed by atoms with Crippen molar-refractivity contribution in [2.75, 3.05) is 37.7 Å². The second-order valence-corrected chi connectivity index (χ2v) is 7.03. The van der Waals surface area contributed by atoms with Gasteiger partial charge in [-0.05, 0) is 32.4 Å². The molecule has 0 aromatic rings. The van der Waals surface area contributed by atoms with Gasteiger partial charge in [-0.25, -0.2) is 0 Å². The molecule has 1 heterocycles. The minimum atomic E-state index is -0.529. The Morgan fingerprint density at radius 1 is 1.12 bits per heavy atom. The predicted octanol–water partition coefficient (Wildman–Crippen LogP) is 1.36. The van der Waals surface area contributed by atoms with Crippen molar-refractivity contribution in [2.45, 2.75) is 44.6 Å². The SMILES string of the molecule is O=S1CCN(CCCNC2CCCCC2)CC1. The van der Waals surface area contributed by atoms with Crippen molar-refractivity contribution in [2.24, 2.45) is 0 Å². The van der Waals surface area contributed by atoms with Crippen LogP contribution in [0.25, 0.3) is 0 Å². The van der Waals surface area contributed by atoms with E-state index in [0.29, 0.717) is 0 Å². The van der Waals surface area contributed by atoms with Crippen LogP contribution in [0, 0.1) is 0 Å². The average molecular weight is 258 g/mol. The lowest BCUT2D eigenvalue weighted by molar-refractivity contribution is 0.287. The van der Waals surface area contributed by atoms with Crippen molar-refractivity contribution in [3.63, 3.8) is 0 Å². The van der Waals surface area contributed by atoms with Gasteiger partial charge in [-0.15, -0.1) is 0 Å². The lowest BCUT2D eigenvalue weighted by atomic mass is 9.95. The summed E-state index contributed by atoms with van der Waals surface area (Å²) in [5.74, 6) is 1.77. The maximum Gasteiger partial charge on any atom is 0.0363 e. The Bertz CT molecular complexity index is 232. The minimum absolute atomic E-state index is 0.529. The smallest absolute Gasteiger partial charge is 0.0363 e. The van der Waals surface area contributed by atoms with Crippen LogP contribution in [-0.4, -0.2) is 52.8 Å². The molecule has 100 valence electrons. The summed E-state index contributed by atoms with van der Waals surface area (Å²) in [5.41, 5.74) is 0. The summed E-state index contributed by atoms with van der Waals surface area (Å²) in [6, 6.07) is 0.789. The molecule has 1 saturated carbocycles. The molecule has 0 spiro atoms. The Balaban J connectivity index is 1.49. The highest BCUT2D eigenvalue weighted by Crippen LogP contribution is 2.17. The highest BCUT2D eigenvalue weighted by atomic mass is 32.2. The Labute approximate surface area is 108 Å². The van der Waals surface area contributed by atoms with E-state index in [2.05, 4.69) is 10.2 Å². The van der Waals surface area contributed by atoms with Crippen LogP contribution >= 0.6 is 0 Å². The van der Waals surface area contributed by atoms with E-state index in [1.54, 1.807) is 0 Å². The summed E-state index contributed by atoms with van der Waals surface area (Å²) in [4.78, 5) is 2.46. The fraction of sp³-hybridized carbons (Fsp3) is 1.00. The Morgan fingerprint density at radius 2 is 1.82 bits per heavy atom. The molecule has 0 radical (unpaired) electrons. The molecule has 1 aliphatic carbocycles. The normalized spacial score (nSPS) is 25.2. The van der Waals surface area contributed by atoms with Crippen LogP contribution in [0.3, 0.4) is 0 Å². The molecule has 0 aromatic carbocycles. The van der Waals surface area contributed by atoms with Crippen molar-refractivity contribution in [1.29, 1.82) is 0 Å². The molecule has 0 amide bonds. The van der Waals surface area contributed by atoms with Crippen molar-refractivity contribution in [1.82, 2.24) is 10.2 Å². The van der Waals surface area contributed by atoms with Crippen molar-refractivity contribution in [3.05, 3.63) is 0 Å². The van der Waals surface area contributed by atoms with Crippen LogP contribution in [0.4, 0.5) is 0 Å². The van der Waals surface area contributed by atoms with E-state index in [1.165, 1.54) is 45.1 Å². The van der Waals surface area contributed by atoms with E-state index in [1.807, 2.05) is 0 Å². The van der Waals surface area contributed by atoms with E-state index in [0.717, 1.165) is 37.2 Å². The van der Waals surface area contributed by atoms with Crippen LogP contribution in [0.2, 0.25) is 0 Å². The summed E-state index contributed by atoms with van der Waals surface area (Å²) in [7, 11) is -0.529. The van der Waals surface area contributed by atoms with E-state index < -0.39 is 10.8 Å². The fourth-order valence-corrected chi connectivity index (χ4v) is 3.94. The van der Waals surface area contributed by atoms with Gasteiger partial charge in [0, 0.05) is 41.4 Å². The van der Waals surface area contributed by atoms with Crippen LogP contribution in [-0.2, 0) is 10.8 Å². The number of rotatable bonds is 5. The minimum Gasteiger partial charge on any atom is -0.314 e. The molecule has 1 aliphatic heterocycles. The van der Waals surface area contributed by atoms with Gasteiger partial charge in [0.25, 0.3) is 0 Å². The average Bonchev–Trinajstić information content (AvgIpc) is 2.38. The van der Waals surface area contributed by atoms with E-state index in [9.17, 15) is 4.21 Å². The van der Waals surface area contributed by atoms with Gasteiger partial charge in [0.2, 0.25) is 0 Å². The zero-order valence-corrected chi connectivity index (χ0v) is 11.6. The summed E-state index contributed by atoms with van der Waals surface area (Å²) in [5, 5.41) is 3.68. The maximum atomic E-state index is 11.2. The monoisotopic (exact) mass is 258 g/mol. The molecule has 17 heavy (non-hydrogen) atoms. The van der Waals surface area contributed by atoms with E-state index in [4.69, 9.17) is 0 Å². The van der Waals surface area contributed by atoms with Gasteiger partial charge in [-0.2, -0.15) is 0 Å². The molecule has 1 N–H and O–H groups in total. The summed E-state index contributed by atoms with van der Waals surface area (Å²) in [6.45, 7) is 4.41. The molecule has 0 atom stereocenters. The largest absolute Gasteiger partial charge is 0.314 e. The van der Waals surface area contributed by atoms with Gasteiger partial charge in [0.15, 0.2) is 0 Å². The van der Waals surface area contributed by atoms with Crippen LogP contribution in [0.15, 0.2) is 0 Å². The standard InChI is InChI=1S/C13H26N2OS/c16-17-11-9-15(10-12-17)8-4-7-14-13-5-2-1-3-6-13/h13-14H,1-12H2. The van der Waals surface area contributed by atoms with Gasteiger partial charge in [0.1, 0.15) is 0 Å². The molecular weight excluding hydrogens is 232 g/mol. The zero-order valence-electron chi connectivity index (χ0n) is 10.8. The van der Waals surface area contributed by atoms with Crippen molar-refractivity contribution < 1.29 is 4.21 Å². The molecule has 1 saturated heterocycles. The molecule has 2 fully saturated rings. The van der Waals surface area contributed by atoms with Crippen molar-refractivity contribution in [3.8, 4) is 0 Å². The van der Waals surface area contributed by atoms with Crippen LogP contribution in [0.5, 0.6) is 0 Å². The Kier molecular flexibility index (Phi) is 5.95. The first-order valence-electron chi connectivity index (χ1n) is 7.15. The summed E-state index contributed by atoms with van der Waals surface area (Å²) < 4.78 is 11.2. The number of nitrogens with one attached hydrogen (secondary N) is 1. The molecule has 0 unspecified atom stereocenters. The fourth-order valence-electron chi connectivity index (χ4n) is 2.81. The number of nitrogens with zero attached hydrogens (tertiary/aromatic N) is 1. The lowest BCUT2D eigenvalue weighted by Gasteiger charge is -2.27. The van der Waals surface area contributed by atoms with Gasteiger partial charge in [-0.1, -0.05) is 19.3 Å². The third-order valence-corrected chi connectivity index (χ3v) is 5.24. The summed E-state index contributed by atoms with van der Waals surface area (Å²) in [6.07, 6.45) is 8.25. The van der Waals surface area contributed by atoms with Gasteiger partial charge >= 0.3 is 0 Å². The molecule has 3 nitrogen and oxygen atoms in total. The molecule has 2 aliphatic rings. The maximum absolute atomic E-state index is 11.2. The van der Waals surface area contributed by atoms with E-state index >= 15 is 0 Å². The van der Waals surface area contributed by atoms with E-state index in [-0.39, 0.29) is 0 Å². The highest BCUT2D eigenvalue weighted by Gasteiger charge is 2.15. The van der Waals surface area contributed by atoms with Gasteiger partial charge < -0.3 is 10.2 Å².